The summed E-state index contributed by atoms with van der Waals surface area (Å²) >= 11 is 0. The molecule has 0 fully saturated rings. The zero-order chi connectivity index (χ0) is 16.2. The van der Waals surface area contributed by atoms with Gasteiger partial charge in [0.1, 0.15) is 0 Å². The molecule has 0 radical (unpaired) electrons. The lowest BCUT2D eigenvalue weighted by atomic mass is 10.0. The van der Waals surface area contributed by atoms with Gasteiger partial charge >= 0.3 is 0 Å². The summed E-state index contributed by atoms with van der Waals surface area (Å²) < 4.78 is 0. The first-order valence-corrected chi connectivity index (χ1v) is 7.71. The van der Waals surface area contributed by atoms with Gasteiger partial charge in [0.05, 0.1) is 10.6 Å². The van der Waals surface area contributed by atoms with E-state index in [0.717, 1.165) is 34.1 Å². The summed E-state index contributed by atoms with van der Waals surface area (Å²) in [5.74, 6) is 0. The number of nitro groups is 1. The molecule has 0 bridgehead atoms. The highest BCUT2D eigenvalue weighted by Gasteiger charge is 2.16. The maximum absolute atomic E-state index is 11.3. The Balaban J connectivity index is 2.24. The summed E-state index contributed by atoms with van der Waals surface area (Å²) in [6.07, 6.45) is 2.87. The first-order valence-electron chi connectivity index (χ1n) is 7.71. The molecule has 3 rings (SSSR count). The van der Waals surface area contributed by atoms with Gasteiger partial charge in [-0.1, -0.05) is 55.5 Å². The topological polar surface area (TPSA) is 58.9 Å². The molecule has 3 aromatic rings. The summed E-state index contributed by atoms with van der Waals surface area (Å²) in [6, 6.07) is 17.9. The molecular formula is C19H18N2O2. The molecule has 0 aliphatic rings. The number of aromatic amines is 1. The summed E-state index contributed by atoms with van der Waals surface area (Å²) in [5.41, 5.74) is 4.07. The number of hydrogen-bond acceptors (Lipinski definition) is 2. The zero-order valence-electron chi connectivity index (χ0n) is 13.0. The molecule has 0 aliphatic heterocycles. The number of fused-ring (bicyclic) bond motifs is 1. The molecule has 0 saturated heterocycles. The van der Waals surface area contributed by atoms with Crippen LogP contribution in [0.5, 0.6) is 0 Å². The number of rotatable bonds is 5. The average Bonchev–Trinajstić information content (AvgIpc) is 2.93. The Labute approximate surface area is 134 Å². The molecule has 0 amide bonds. The van der Waals surface area contributed by atoms with Crippen LogP contribution in [-0.2, 0) is 0 Å². The largest absolute Gasteiger partial charge is 0.354 e. The van der Waals surface area contributed by atoms with Gasteiger partial charge in [-0.15, -0.1) is 0 Å². The minimum atomic E-state index is -0.288. The molecule has 2 aromatic carbocycles. The van der Waals surface area contributed by atoms with E-state index in [4.69, 9.17) is 0 Å². The fourth-order valence-electron chi connectivity index (χ4n) is 2.83. The van der Waals surface area contributed by atoms with Crippen molar-refractivity contribution in [2.24, 2.45) is 0 Å². The van der Waals surface area contributed by atoms with Crippen LogP contribution in [0, 0.1) is 10.1 Å². The molecule has 1 aromatic heterocycles. The molecule has 0 aliphatic carbocycles. The predicted octanol–water partition coefficient (Wildman–Crippen LogP) is 5.25. The van der Waals surface area contributed by atoms with Crippen LogP contribution >= 0.6 is 0 Å². The fraction of sp³-hybridized carbons (Fsp3) is 0.158. The number of hydrogen-bond donors (Lipinski definition) is 1. The summed E-state index contributed by atoms with van der Waals surface area (Å²) in [7, 11) is 0. The van der Waals surface area contributed by atoms with Gasteiger partial charge in [0, 0.05) is 29.0 Å². The molecule has 116 valence electrons. The third-order valence-electron chi connectivity index (χ3n) is 3.85. The van der Waals surface area contributed by atoms with Crippen molar-refractivity contribution in [1.29, 1.82) is 0 Å². The first-order chi connectivity index (χ1) is 11.2. The Morgan fingerprint density at radius 2 is 1.83 bits per heavy atom. The van der Waals surface area contributed by atoms with Gasteiger partial charge in [0.15, 0.2) is 0 Å². The number of aromatic nitrogens is 1. The smallest absolute Gasteiger partial charge is 0.248 e. The Hall–Kier alpha value is -2.88. The van der Waals surface area contributed by atoms with Gasteiger partial charge in [0.2, 0.25) is 5.70 Å². The normalized spacial score (nSPS) is 11.8. The fourth-order valence-corrected chi connectivity index (χ4v) is 2.83. The SMILES string of the molecule is CCC/C(=C/c1[nH]c2ccccc2c1-c1ccccc1)[N+](=O)[O-]. The van der Waals surface area contributed by atoms with Crippen LogP contribution in [0.4, 0.5) is 0 Å². The molecule has 1 N–H and O–H groups in total. The van der Waals surface area contributed by atoms with E-state index < -0.39 is 0 Å². The number of nitrogens with one attached hydrogen (secondary N) is 1. The van der Waals surface area contributed by atoms with Gasteiger partial charge < -0.3 is 4.98 Å². The van der Waals surface area contributed by atoms with E-state index in [2.05, 4.69) is 4.98 Å². The molecule has 4 nitrogen and oxygen atoms in total. The molecular weight excluding hydrogens is 288 g/mol. The van der Waals surface area contributed by atoms with Crippen molar-refractivity contribution in [3.8, 4) is 11.1 Å². The third kappa shape index (κ3) is 3.01. The Morgan fingerprint density at radius 1 is 1.13 bits per heavy atom. The van der Waals surface area contributed by atoms with Gasteiger partial charge in [0.25, 0.3) is 0 Å². The molecule has 0 saturated carbocycles. The number of para-hydroxylation sites is 1. The van der Waals surface area contributed by atoms with Gasteiger partial charge in [-0.25, -0.2) is 0 Å². The van der Waals surface area contributed by atoms with E-state index in [1.165, 1.54) is 0 Å². The lowest BCUT2D eigenvalue weighted by Crippen LogP contribution is -1.98. The molecule has 23 heavy (non-hydrogen) atoms. The zero-order valence-corrected chi connectivity index (χ0v) is 13.0. The second-order valence-electron chi connectivity index (χ2n) is 5.47. The highest BCUT2D eigenvalue weighted by molar-refractivity contribution is 6.00. The van der Waals surface area contributed by atoms with Crippen LogP contribution in [-0.4, -0.2) is 9.91 Å². The summed E-state index contributed by atoms with van der Waals surface area (Å²) in [5, 5.41) is 12.4. The van der Waals surface area contributed by atoms with Crippen molar-refractivity contribution in [1.82, 2.24) is 4.98 Å². The number of H-pyrrole nitrogens is 1. The highest BCUT2D eigenvalue weighted by Crippen LogP contribution is 2.33. The number of benzene rings is 2. The monoisotopic (exact) mass is 306 g/mol. The average molecular weight is 306 g/mol. The van der Waals surface area contributed by atoms with Crippen molar-refractivity contribution in [3.05, 3.63) is 76.1 Å². The van der Waals surface area contributed by atoms with Crippen molar-refractivity contribution in [2.45, 2.75) is 19.8 Å². The third-order valence-corrected chi connectivity index (χ3v) is 3.85. The predicted molar refractivity (Wildman–Crippen MR) is 93.6 cm³/mol. The molecule has 0 unspecified atom stereocenters. The van der Waals surface area contributed by atoms with Crippen molar-refractivity contribution in [3.63, 3.8) is 0 Å². The highest BCUT2D eigenvalue weighted by atomic mass is 16.6. The van der Waals surface area contributed by atoms with Crippen LogP contribution in [0.15, 0.2) is 60.3 Å². The quantitative estimate of drug-likeness (QED) is 0.517. The van der Waals surface area contributed by atoms with Crippen LogP contribution < -0.4 is 0 Å². The van der Waals surface area contributed by atoms with Crippen molar-refractivity contribution < 1.29 is 4.92 Å². The summed E-state index contributed by atoms with van der Waals surface area (Å²) in [6.45, 7) is 1.95. The van der Waals surface area contributed by atoms with E-state index in [0.29, 0.717) is 6.42 Å². The van der Waals surface area contributed by atoms with E-state index in [9.17, 15) is 10.1 Å². The Kier molecular flexibility index (Phi) is 4.24. The van der Waals surface area contributed by atoms with E-state index in [-0.39, 0.29) is 10.6 Å². The maximum Gasteiger partial charge on any atom is 0.248 e. The number of allylic oxidation sites excluding steroid dienone is 1. The van der Waals surface area contributed by atoms with Crippen LogP contribution in [0.3, 0.4) is 0 Å². The van der Waals surface area contributed by atoms with Crippen LogP contribution in [0.1, 0.15) is 25.5 Å². The van der Waals surface area contributed by atoms with Crippen LogP contribution in [0.25, 0.3) is 28.1 Å². The lowest BCUT2D eigenvalue weighted by Gasteiger charge is -2.02. The van der Waals surface area contributed by atoms with E-state index in [1.54, 1.807) is 6.08 Å². The van der Waals surface area contributed by atoms with Gasteiger partial charge in [-0.2, -0.15) is 0 Å². The number of nitrogens with zero attached hydrogens (tertiary/aromatic N) is 1. The van der Waals surface area contributed by atoms with Crippen molar-refractivity contribution in [2.75, 3.05) is 0 Å². The minimum absolute atomic E-state index is 0.233. The lowest BCUT2D eigenvalue weighted by molar-refractivity contribution is -0.426. The van der Waals surface area contributed by atoms with Gasteiger partial charge in [-0.05, 0) is 18.1 Å². The van der Waals surface area contributed by atoms with E-state index >= 15 is 0 Å². The molecule has 1 heterocycles. The Morgan fingerprint density at radius 3 is 2.52 bits per heavy atom. The first kappa shape index (κ1) is 15.0. The molecule has 0 atom stereocenters. The maximum atomic E-state index is 11.3. The van der Waals surface area contributed by atoms with Crippen molar-refractivity contribution >= 4 is 17.0 Å². The minimum Gasteiger partial charge on any atom is -0.354 e. The molecule has 0 spiro atoms. The molecule has 4 heteroatoms. The van der Waals surface area contributed by atoms with Gasteiger partial charge in [-0.3, -0.25) is 10.1 Å². The second-order valence-corrected chi connectivity index (χ2v) is 5.47. The summed E-state index contributed by atoms with van der Waals surface area (Å²) in [4.78, 5) is 14.3. The van der Waals surface area contributed by atoms with E-state index in [1.807, 2.05) is 61.5 Å². The standard InChI is InChI=1S/C19H18N2O2/c1-2-8-15(21(22)23)13-18-19(14-9-4-3-5-10-14)16-11-6-7-12-17(16)20-18/h3-7,9-13,20H,2,8H2,1H3/b15-13-. The Bertz CT molecular complexity index is 863. The second kappa shape index (κ2) is 6.48. The van der Waals surface area contributed by atoms with Crippen LogP contribution in [0.2, 0.25) is 0 Å².